The highest BCUT2D eigenvalue weighted by Crippen LogP contribution is 2.26. The molecule has 1 N–H and O–H groups in total. The summed E-state index contributed by atoms with van der Waals surface area (Å²) in [5.74, 6) is -1.66. The molecule has 19 heavy (non-hydrogen) atoms. The van der Waals surface area contributed by atoms with E-state index in [1.807, 2.05) is 19.1 Å². The van der Waals surface area contributed by atoms with Crippen molar-refractivity contribution in [3.8, 4) is 0 Å². The Bertz CT molecular complexity index is 599. The molecule has 0 saturated carbocycles. The van der Waals surface area contributed by atoms with Crippen LogP contribution in [-0.4, -0.2) is 0 Å². The summed E-state index contributed by atoms with van der Waals surface area (Å²) in [6, 6.07) is 9.31. The lowest BCUT2D eigenvalue weighted by molar-refractivity contribution is 0.494. The molecule has 0 amide bonds. The maximum atomic E-state index is 13.7. The van der Waals surface area contributed by atoms with Gasteiger partial charge in [0.2, 0.25) is 0 Å². The van der Waals surface area contributed by atoms with Crippen molar-refractivity contribution in [1.29, 1.82) is 0 Å². The molecule has 0 fully saturated rings. The van der Waals surface area contributed by atoms with E-state index in [1.165, 1.54) is 6.07 Å². The third-order valence-electron chi connectivity index (χ3n) is 3.00. The van der Waals surface area contributed by atoms with Crippen molar-refractivity contribution >= 4 is 17.3 Å². The van der Waals surface area contributed by atoms with Crippen LogP contribution in [0.25, 0.3) is 0 Å². The van der Waals surface area contributed by atoms with Gasteiger partial charge in [0.25, 0.3) is 0 Å². The monoisotopic (exact) mass is 281 g/mol. The number of benzene rings is 2. The van der Waals surface area contributed by atoms with Crippen LogP contribution in [0, 0.1) is 18.6 Å². The van der Waals surface area contributed by atoms with Crippen molar-refractivity contribution in [3.63, 3.8) is 0 Å². The van der Waals surface area contributed by atoms with E-state index in [1.54, 1.807) is 19.1 Å². The lowest BCUT2D eigenvalue weighted by Crippen LogP contribution is -2.09. The van der Waals surface area contributed by atoms with E-state index in [0.29, 0.717) is 5.02 Å². The zero-order chi connectivity index (χ0) is 14.0. The number of rotatable bonds is 3. The van der Waals surface area contributed by atoms with Crippen LogP contribution in [0.1, 0.15) is 24.1 Å². The molecule has 0 aliphatic rings. The molecule has 0 bridgehead atoms. The Morgan fingerprint density at radius 2 is 1.89 bits per heavy atom. The predicted molar refractivity (Wildman–Crippen MR) is 74.6 cm³/mol. The minimum atomic E-state index is -0.840. The summed E-state index contributed by atoms with van der Waals surface area (Å²) < 4.78 is 26.8. The normalized spacial score (nSPS) is 12.3. The largest absolute Gasteiger partial charge is 0.378 e. The first-order chi connectivity index (χ1) is 8.99. The molecule has 0 spiro atoms. The van der Waals surface area contributed by atoms with Gasteiger partial charge in [0.1, 0.15) is 0 Å². The molecule has 0 heterocycles. The molecule has 0 saturated heterocycles. The van der Waals surface area contributed by atoms with Gasteiger partial charge >= 0.3 is 0 Å². The van der Waals surface area contributed by atoms with Crippen molar-refractivity contribution in [2.75, 3.05) is 5.32 Å². The molecule has 2 aromatic carbocycles. The smallest absolute Gasteiger partial charge is 0.164 e. The van der Waals surface area contributed by atoms with E-state index in [2.05, 4.69) is 5.32 Å². The van der Waals surface area contributed by atoms with Crippen LogP contribution in [0.2, 0.25) is 5.02 Å². The number of aryl methyl sites for hydroxylation is 1. The minimum Gasteiger partial charge on any atom is -0.378 e. The molecule has 0 radical (unpaired) electrons. The van der Waals surface area contributed by atoms with Crippen molar-refractivity contribution in [3.05, 3.63) is 64.2 Å². The van der Waals surface area contributed by atoms with Crippen LogP contribution >= 0.6 is 11.6 Å². The second-order valence-corrected chi connectivity index (χ2v) is 4.88. The zero-order valence-electron chi connectivity index (χ0n) is 10.7. The van der Waals surface area contributed by atoms with Crippen molar-refractivity contribution < 1.29 is 8.78 Å². The van der Waals surface area contributed by atoms with E-state index in [-0.39, 0.29) is 11.6 Å². The van der Waals surface area contributed by atoms with Gasteiger partial charge in [-0.1, -0.05) is 29.8 Å². The molecule has 1 atom stereocenters. The summed E-state index contributed by atoms with van der Waals surface area (Å²) in [4.78, 5) is 0. The molecular weight excluding hydrogens is 268 g/mol. The predicted octanol–water partition coefficient (Wildman–Crippen LogP) is 5.10. The van der Waals surface area contributed by atoms with Gasteiger partial charge in [0, 0.05) is 16.3 Å². The number of anilines is 1. The minimum absolute atomic E-state index is 0.289. The van der Waals surface area contributed by atoms with Gasteiger partial charge in [-0.15, -0.1) is 0 Å². The second kappa shape index (κ2) is 5.57. The average molecular weight is 282 g/mol. The van der Waals surface area contributed by atoms with Crippen molar-refractivity contribution in [2.24, 2.45) is 0 Å². The molecule has 100 valence electrons. The van der Waals surface area contributed by atoms with Crippen LogP contribution < -0.4 is 5.32 Å². The standard InChI is InChI=1S/C15H14ClF2N/c1-9-6-7-11(8-13(9)16)19-10(2)12-4-3-5-14(17)15(12)18/h3-8,10,19H,1-2H3. The Morgan fingerprint density at radius 3 is 2.58 bits per heavy atom. The Labute approximate surface area is 116 Å². The number of hydrogen-bond acceptors (Lipinski definition) is 1. The van der Waals surface area contributed by atoms with Gasteiger partial charge in [-0.2, -0.15) is 0 Å². The Hall–Kier alpha value is -1.61. The van der Waals surface area contributed by atoms with E-state index < -0.39 is 11.6 Å². The lowest BCUT2D eigenvalue weighted by atomic mass is 10.1. The van der Waals surface area contributed by atoms with E-state index >= 15 is 0 Å². The molecule has 0 aliphatic heterocycles. The molecule has 0 aromatic heterocycles. The highest BCUT2D eigenvalue weighted by molar-refractivity contribution is 6.31. The molecule has 1 nitrogen and oxygen atoms in total. The van der Waals surface area contributed by atoms with Crippen LogP contribution in [0.3, 0.4) is 0 Å². The maximum absolute atomic E-state index is 13.7. The van der Waals surface area contributed by atoms with E-state index in [9.17, 15) is 8.78 Å². The van der Waals surface area contributed by atoms with Crippen LogP contribution in [0.15, 0.2) is 36.4 Å². The van der Waals surface area contributed by atoms with Crippen LogP contribution in [0.4, 0.5) is 14.5 Å². The first kappa shape index (κ1) is 13.8. The Balaban J connectivity index is 2.23. The molecule has 2 aromatic rings. The van der Waals surface area contributed by atoms with Crippen LogP contribution in [0.5, 0.6) is 0 Å². The highest BCUT2D eigenvalue weighted by Gasteiger charge is 2.14. The molecule has 4 heteroatoms. The molecule has 0 aliphatic carbocycles. The Morgan fingerprint density at radius 1 is 1.16 bits per heavy atom. The van der Waals surface area contributed by atoms with E-state index in [4.69, 9.17) is 11.6 Å². The van der Waals surface area contributed by atoms with Gasteiger partial charge in [0.15, 0.2) is 11.6 Å². The van der Waals surface area contributed by atoms with Gasteiger partial charge in [-0.3, -0.25) is 0 Å². The number of hydrogen-bond donors (Lipinski definition) is 1. The first-order valence-corrected chi connectivity index (χ1v) is 6.33. The Kier molecular flexibility index (Phi) is 4.05. The fourth-order valence-corrected chi connectivity index (χ4v) is 2.05. The average Bonchev–Trinajstić information content (AvgIpc) is 2.37. The summed E-state index contributed by atoms with van der Waals surface area (Å²) in [7, 11) is 0. The summed E-state index contributed by atoms with van der Waals surface area (Å²) in [5, 5.41) is 3.74. The van der Waals surface area contributed by atoms with Crippen molar-refractivity contribution in [2.45, 2.75) is 19.9 Å². The molecular formula is C15H14ClF2N. The highest BCUT2D eigenvalue weighted by atomic mass is 35.5. The third-order valence-corrected chi connectivity index (χ3v) is 3.41. The second-order valence-electron chi connectivity index (χ2n) is 4.47. The van der Waals surface area contributed by atoms with E-state index in [0.717, 1.165) is 17.3 Å². The SMILES string of the molecule is Cc1ccc(NC(C)c2cccc(F)c2F)cc1Cl. The van der Waals surface area contributed by atoms with Gasteiger partial charge in [0.05, 0.1) is 6.04 Å². The topological polar surface area (TPSA) is 12.0 Å². The summed E-state index contributed by atoms with van der Waals surface area (Å²) in [6.07, 6.45) is 0. The maximum Gasteiger partial charge on any atom is 0.164 e. The molecule has 2 rings (SSSR count). The summed E-state index contributed by atoms with van der Waals surface area (Å²) in [5.41, 5.74) is 2.03. The zero-order valence-corrected chi connectivity index (χ0v) is 11.4. The summed E-state index contributed by atoms with van der Waals surface area (Å²) >= 11 is 6.03. The number of nitrogens with one attached hydrogen (secondary N) is 1. The van der Waals surface area contributed by atoms with Gasteiger partial charge < -0.3 is 5.32 Å². The number of halogens is 3. The quantitative estimate of drug-likeness (QED) is 0.825. The lowest BCUT2D eigenvalue weighted by Gasteiger charge is -2.17. The van der Waals surface area contributed by atoms with Crippen LogP contribution in [-0.2, 0) is 0 Å². The van der Waals surface area contributed by atoms with Gasteiger partial charge in [-0.25, -0.2) is 8.78 Å². The summed E-state index contributed by atoms with van der Waals surface area (Å²) in [6.45, 7) is 3.67. The molecule has 1 unspecified atom stereocenters. The third kappa shape index (κ3) is 3.04. The first-order valence-electron chi connectivity index (χ1n) is 5.95. The van der Waals surface area contributed by atoms with Crippen molar-refractivity contribution in [1.82, 2.24) is 0 Å². The fraction of sp³-hybridized carbons (Fsp3) is 0.200. The fourth-order valence-electron chi connectivity index (χ4n) is 1.87. The van der Waals surface area contributed by atoms with Gasteiger partial charge in [-0.05, 0) is 37.6 Å².